The molecule has 0 aliphatic carbocycles. The molecule has 124 valence electrons. The fraction of sp³-hybridized carbons (Fsp3) is 0.867. The van der Waals surface area contributed by atoms with Crippen LogP contribution in [0.25, 0.3) is 0 Å². The van der Waals surface area contributed by atoms with Crippen molar-refractivity contribution < 1.29 is 23.1 Å². The average Bonchev–Trinajstić information content (AvgIpc) is 2.65. The van der Waals surface area contributed by atoms with E-state index in [-0.39, 0.29) is 5.78 Å². The van der Waals surface area contributed by atoms with Gasteiger partial charge in [-0.25, -0.2) is 13.6 Å². The summed E-state index contributed by atoms with van der Waals surface area (Å²) in [5.41, 5.74) is -0.777. The zero-order chi connectivity index (χ0) is 17.0. The lowest BCUT2D eigenvalue weighted by Crippen LogP contribution is -2.44. The molecule has 21 heavy (non-hydrogen) atoms. The molecule has 0 radical (unpaired) electrons. The summed E-state index contributed by atoms with van der Waals surface area (Å²) in [6, 6.07) is -1.09. The Labute approximate surface area is 125 Å². The number of hydrogen-bond acceptors (Lipinski definition) is 3. The second kappa shape index (κ2) is 7.18. The van der Waals surface area contributed by atoms with Gasteiger partial charge in [0.15, 0.2) is 5.78 Å². The van der Waals surface area contributed by atoms with Gasteiger partial charge in [0.25, 0.3) is 5.92 Å². The maximum Gasteiger partial charge on any atom is 0.411 e. The van der Waals surface area contributed by atoms with Gasteiger partial charge in [-0.3, -0.25) is 9.69 Å². The Balaban J connectivity index is 0.00000191. The molecule has 0 bridgehead atoms. The van der Waals surface area contributed by atoms with Crippen molar-refractivity contribution in [1.82, 2.24) is 4.90 Å². The van der Waals surface area contributed by atoms with E-state index in [1.807, 2.05) is 13.8 Å². The summed E-state index contributed by atoms with van der Waals surface area (Å²) < 4.78 is 32.0. The summed E-state index contributed by atoms with van der Waals surface area (Å²) in [6.07, 6.45) is -1.48. The van der Waals surface area contributed by atoms with Crippen LogP contribution in [0.1, 0.15) is 54.9 Å². The molecule has 1 aliphatic heterocycles. The van der Waals surface area contributed by atoms with Crippen LogP contribution in [-0.2, 0) is 9.53 Å². The van der Waals surface area contributed by atoms with Crippen molar-refractivity contribution in [3.05, 3.63) is 0 Å². The number of halogens is 2. The quantitative estimate of drug-likeness (QED) is 0.777. The summed E-state index contributed by atoms with van der Waals surface area (Å²) in [7, 11) is 0. The molecule has 1 aliphatic rings. The Morgan fingerprint density at radius 2 is 1.71 bits per heavy atom. The molecule has 0 unspecified atom stereocenters. The predicted molar refractivity (Wildman–Crippen MR) is 77.5 cm³/mol. The van der Waals surface area contributed by atoms with Gasteiger partial charge in [-0.1, -0.05) is 27.7 Å². The van der Waals surface area contributed by atoms with E-state index >= 15 is 0 Å². The fourth-order valence-electron chi connectivity index (χ4n) is 1.97. The summed E-state index contributed by atoms with van der Waals surface area (Å²) >= 11 is 0. The van der Waals surface area contributed by atoms with Gasteiger partial charge >= 0.3 is 6.09 Å². The van der Waals surface area contributed by atoms with Crippen molar-refractivity contribution in [1.29, 1.82) is 0 Å². The first-order valence-electron chi connectivity index (χ1n) is 7.34. The Kier molecular flexibility index (Phi) is 6.77. The number of ketones is 1. The van der Waals surface area contributed by atoms with Crippen LogP contribution in [0.3, 0.4) is 0 Å². The number of rotatable bonds is 2. The molecular formula is C15H27F2NO3. The van der Waals surface area contributed by atoms with Gasteiger partial charge in [-0.15, -0.1) is 0 Å². The molecular weight excluding hydrogens is 280 g/mol. The maximum atomic E-state index is 13.5. The number of carbonyl (C=O) groups excluding carboxylic acids is 2. The first kappa shape index (κ1) is 19.8. The highest BCUT2D eigenvalue weighted by atomic mass is 19.3. The second-order valence-corrected chi connectivity index (χ2v) is 6.24. The molecule has 1 atom stereocenters. The van der Waals surface area contributed by atoms with Gasteiger partial charge in [0.1, 0.15) is 11.6 Å². The van der Waals surface area contributed by atoms with E-state index in [1.54, 1.807) is 34.6 Å². The number of hydrogen-bond donors (Lipinski definition) is 0. The summed E-state index contributed by atoms with van der Waals surface area (Å²) in [5.74, 6) is -3.79. The first-order valence-corrected chi connectivity index (χ1v) is 7.34. The van der Waals surface area contributed by atoms with Crippen LogP contribution in [0.5, 0.6) is 0 Å². The monoisotopic (exact) mass is 307 g/mol. The van der Waals surface area contributed by atoms with Crippen molar-refractivity contribution in [3.63, 3.8) is 0 Å². The lowest BCUT2D eigenvalue weighted by Gasteiger charge is -2.28. The summed E-state index contributed by atoms with van der Waals surface area (Å²) in [4.78, 5) is 24.7. The number of nitrogens with zero attached hydrogens (tertiary/aromatic N) is 1. The normalized spacial score (nSPS) is 20.9. The molecule has 0 aromatic carbocycles. The van der Waals surface area contributed by atoms with E-state index in [1.165, 1.54) is 0 Å². The van der Waals surface area contributed by atoms with E-state index < -0.39 is 42.5 Å². The van der Waals surface area contributed by atoms with Crippen molar-refractivity contribution in [2.45, 2.75) is 72.5 Å². The van der Waals surface area contributed by atoms with E-state index in [9.17, 15) is 18.4 Å². The molecule has 0 aromatic rings. The molecule has 1 heterocycles. The van der Waals surface area contributed by atoms with Crippen molar-refractivity contribution in [2.24, 2.45) is 5.92 Å². The van der Waals surface area contributed by atoms with Crippen LogP contribution in [0, 0.1) is 5.92 Å². The third-order valence-electron chi connectivity index (χ3n) is 2.80. The molecule has 1 saturated heterocycles. The van der Waals surface area contributed by atoms with E-state index in [0.717, 1.165) is 4.90 Å². The van der Waals surface area contributed by atoms with E-state index in [0.29, 0.717) is 0 Å². The highest BCUT2D eigenvalue weighted by Crippen LogP contribution is 2.34. The van der Waals surface area contributed by atoms with E-state index in [4.69, 9.17) is 4.74 Å². The van der Waals surface area contributed by atoms with Gasteiger partial charge in [0.05, 0.1) is 6.54 Å². The fourth-order valence-corrected chi connectivity index (χ4v) is 1.97. The van der Waals surface area contributed by atoms with Crippen LogP contribution in [-0.4, -0.2) is 40.9 Å². The zero-order valence-electron chi connectivity index (χ0n) is 14.0. The number of ether oxygens (including phenoxy) is 1. The molecule has 0 aromatic heterocycles. The van der Waals surface area contributed by atoms with Gasteiger partial charge in [-0.2, -0.15) is 0 Å². The highest BCUT2D eigenvalue weighted by Gasteiger charge is 2.51. The number of likely N-dealkylation sites (tertiary alicyclic amines) is 1. The average molecular weight is 307 g/mol. The van der Waals surface area contributed by atoms with Gasteiger partial charge in [0.2, 0.25) is 0 Å². The highest BCUT2D eigenvalue weighted by molar-refractivity contribution is 5.89. The Morgan fingerprint density at radius 3 is 2.10 bits per heavy atom. The largest absolute Gasteiger partial charge is 0.444 e. The molecule has 0 spiro atoms. The van der Waals surface area contributed by atoms with Gasteiger partial charge in [-0.05, 0) is 20.8 Å². The molecule has 4 nitrogen and oxygen atoms in total. The standard InChI is InChI=1S/C13H21F2NO3.C2H6/c1-8(2)10(17)9-6-13(14,15)7-16(9)11(18)19-12(3,4)5;1-2/h8-9H,6-7H2,1-5H3;1-2H3/t9-;/m0./s1. The number of amides is 1. The minimum absolute atomic E-state index is 0.358. The topological polar surface area (TPSA) is 46.6 Å². The maximum absolute atomic E-state index is 13.5. The number of carbonyl (C=O) groups is 2. The van der Waals surface area contributed by atoms with Crippen LogP contribution >= 0.6 is 0 Å². The Morgan fingerprint density at radius 1 is 1.24 bits per heavy atom. The molecule has 6 heteroatoms. The number of alkyl halides is 2. The van der Waals surface area contributed by atoms with Gasteiger partial charge in [0, 0.05) is 12.3 Å². The van der Waals surface area contributed by atoms with Crippen molar-refractivity contribution in [3.8, 4) is 0 Å². The lowest BCUT2D eigenvalue weighted by atomic mass is 9.99. The van der Waals surface area contributed by atoms with Gasteiger partial charge < -0.3 is 4.74 Å². The third kappa shape index (κ3) is 5.98. The van der Waals surface area contributed by atoms with Crippen LogP contribution in [0.4, 0.5) is 13.6 Å². The van der Waals surface area contributed by atoms with Crippen LogP contribution in [0.15, 0.2) is 0 Å². The predicted octanol–water partition coefficient (Wildman–Crippen LogP) is 3.88. The molecule has 1 fully saturated rings. The minimum Gasteiger partial charge on any atom is -0.444 e. The van der Waals surface area contributed by atoms with Crippen molar-refractivity contribution in [2.75, 3.05) is 6.54 Å². The first-order chi connectivity index (χ1) is 9.43. The SMILES string of the molecule is CC.CC(C)C(=O)[C@@H]1CC(F)(F)CN1C(=O)OC(C)(C)C. The number of Topliss-reactive ketones (excluding diaryl/α,β-unsaturated/α-hetero) is 1. The Hall–Kier alpha value is -1.20. The summed E-state index contributed by atoms with van der Waals surface area (Å²) in [6.45, 7) is 11.5. The molecule has 0 saturated carbocycles. The smallest absolute Gasteiger partial charge is 0.411 e. The second-order valence-electron chi connectivity index (χ2n) is 6.24. The minimum atomic E-state index is -3.04. The lowest BCUT2D eigenvalue weighted by molar-refractivity contribution is -0.126. The molecule has 1 amide bonds. The Bertz CT molecular complexity index is 376. The van der Waals surface area contributed by atoms with Crippen molar-refractivity contribution >= 4 is 11.9 Å². The zero-order valence-corrected chi connectivity index (χ0v) is 14.0. The molecule has 0 N–H and O–H groups in total. The third-order valence-corrected chi connectivity index (χ3v) is 2.80. The van der Waals surface area contributed by atoms with E-state index in [2.05, 4.69) is 0 Å². The summed E-state index contributed by atoms with van der Waals surface area (Å²) in [5, 5.41) is 0. The molecule has 1 rings (SSSR count). The van der Waals surface area contributed by atoms with Crippen LogP contribution < -0.4 is 0 Å². The van der Waals surface area contributed by atoms with Crippen LogP contribution in [0.2, 0.25) is 0 Å².